The number of thiazole rings is 1. The average molecular weight is 226 g/mol. The van der Waals surface area contributed by atoms with Crippen molar-refractivity contribution in [3.63, 3.8) is 0 Å². The molecule has 0 saturated heterocycles. The smallest absolute Gasteiger partial charge is 0.0973 e. The van der Waals surface area contributed by atoms with Gasteiger partial charge in [-0.3, -0.25) is 0 Å². The molecule has 0 aliphatic carbocycles. The first-order valence-corrected chi connectivity index (χ1v) is 6.67. The van der Waals surface area contributed by atoms with Crippen LogP contribution in [0.15, 0.2) is 11.6 Å². The molecule has 0 bridgehead atoms. The summed E-state index contributed by atoms with van der Waals surface area (Å²) in [4.78, 5) is 4.45. The fourth-order valence-electron chi connectivity index (χ4n) is 1.97. The molecule has 15 heavy (non-hydrogen) atoms. The Morgan fingerprint density at radius 2 is 2.13 bits per heavy atom. The number of nitrogens with one attached hydrogen (secondary N) is 1. The van der Waals surface area contributed by atoms with E-state index in [9.17, 15) is 0 Å². The van der Waals surface area contributed by atoms with Crippen LogP contribution < -0.4 is 5.32 Å². The monoisotopic (exact) mass is 226 g/mol. The highest BCUT2D eigenvalue weighted by molar-refractivity contribution is 7.09. The second-order valence-electron chi connectivity index (χ2n) is 4.38. The van der Waals surface area contributed by atoms with Crippen LogP contribution in [0.3, 0.4) is 0 Å². The van der Waals surface area contributed by atoms with Crippen LogP contribution in [-0.2, 0) is 0 Å². The summed E-state index contributed by atoms with van der Waals surface area (Å²) >= 11 is 1.77. The summed E-state index contributed by atoms with van der Waals surface area (Å²) < 4.78 is 0. The zero-order chi connectivity index (χ0) is 11.3. The number of hydrogen-bond acceptors (Lipinski definition) is 3. The van der Waals surface area contributed by atoms with E-state index in [1.807, 2.05) is 6.20 Å². The summed E-state index contributed by atoms with van der Waals surface area (Å²) in [6.45, 7) is 10.1. The highest BCUT2D eigenvalue weighted by Gasteiger charge is 2.24. The van der Waals surface area contributed by atoms with Crippen molar-refractivity contribution in [2.45, 2.75) is 46.1 Å². The lowest BCUT2D eigenvalue weighted by Crippen LogP contribution is -2.35. The summed E-state index contributed by atoms with van der Waals surface area (Å²) in [6.07, 6.45) is 3.09. The van der Waals surface area contributed by atoms with Crippen molar-refractivity contribution in [2.24, 2.45) is 5.92 Å². The molecule has 1 rings (SSSR count). The Labute approximate surface area is 97.1 Å². The van der Waals surface area contributed by atoms with Crippen molar-refractivity contribution in [3.8, 4) is 0 Å². The Bertz CT molecular complexity index is 257. The van der Waals surface area contributed by atoms with Crippen LogP contribution in [0.4, 0.5) is 0 Å². The second-order valence-corrected chi connectivity index (χ2v) is 5.31. The van der Waals surface area contributed by atoms with Gasteiger partial charge < -0.3 is 5.32 Å². The van der Waals surface area contributed by atoms with Crippen LogP contribution in [0.25, 0.3) is 0 Å². The van der Waals surface area contributed by atoms with Gasteiger partial charge in [0.15, 0.2) is 0 Å². The Hall–Kier alpha value is -0.410. The van der Waals surface area contributed by atoms with Gasteiger partial charge in [-0.25, -0.2) is 4.98 Å². The quantitative estimate of drug-likeness (QED) is 0.805. The first-order valence-electron chi connectivity index (χ1n) is 5.79. The maximum atomic E-state index is 4.45. The summed E-state index contributed by atoms with van der Waals surface area (Å²) in [5.41, 5.74) is 0. The number of hydrogen-bond donors (Lipinski definition) is 1. The van der Waals surface area contributed by atoms with E-state index in [-0.39, 0.29) is 0 Å². The topological polar surface area (TPSA) is 24.9 Å². The van der Waals surface area contributed by atoms with E-state index in [1.165, 1.54) is 11.4 Å². The van der Waals surface area contributed by atoms with Gasteiger partial charge in [-0.2, -0.15) is 0 Å². The van der Waals surface area contributed by atoms with Crippen molar-refractivity contribution in [1.29, 1.82) is 0 Å². The van der Waals surface area contributed by atoms with Gasteiger partial charge in [-0.05, 0) is 25.8 Å². The molecule has 0 radical (unpaired) electrons. The predicted octanol–water partition coefficient (Wildman–Crippen LogP) is 3.27. The molecule has 0 saturated carbocycles. The third-order valence-corrected chi connectivity index (χ3v) is 3.59. The van der Waals surface area contributed by atoms with Crippen molar-refractivity contribution in [3.05, 3.63) is 16.6 Å². The van der Waals surface area contributed by atoms with Gasteiger partial charge in [0.25, 0.3) is 0 Å². The molecule has 1 N–H and O–H groups in total. The lowest BCUT2D eigenvalue weighted by molar-refractivity contribution is 0.376. The molecule has 0 amide bonds. The van der Waals surface area contributed by atoms with Crippen LogP contribution in [0.2, 0.25) is 0 Å². The third kappa shape index (κ3) is 3.58. The van der Waals surface area contributed by atoms with Gasteiger partial charge in [0.05, 0.1) is 5.01 Å². The molecule has 2 nitrogen and oxygen atoms in total. The van der Waals surface area contributed by atoms with Gasteiger partial charge in [0, 0.05) is 23.5 Å². The molecular weight excluding hydrogens is 204 g/mol. The molecule has 1 heterocycles. The summed E-state index contributed by atoms with van der Waals surface area (Å²) in [5, 5.41) is 6.90. The van der Waals surface area contributed by atoms with E-state index in [2.05, 4.69) is 43.4 Å². The molecule has 3 heteroatoms. The standard InChI is InChI=1S/C12H22N2S/c1-5-6-13-10(4)11(9(2)3)12-14-7-8-15-12/h7-11,13H,5-6H2,1-4H3. The molecule has 0 aliphatic rings. The fourth-order valence-corrected chi connectivity index (χ4v) is 2.99. The molecule has 0 aromatic carbocycles. The maximum Gasteiger partial charge on any atom is 0.0973 e. The maximum absolute atomic E-state index is 4.45. The molecule has 86 valence electrons. The SMILES string of the molecule is CCCNC(C)C(c1nccs1)C(C)C. The normalized spacial score (nSPS) is 15.5. The lowest BCUT2D eigenvalue weighted by Gasteiger charge is -2.26. The Kier molecular flexibility index (Phi) is 5.26. The second kappa shape index (κ2) is 6.23. The molecular formula is C12H22N2S. The number of aromatic nitrogens is 1. The number of rotatable bonds is 6. The zero-order valence-electron chi connectivity index (χ0n) is 10.2. The minimum atomic E-state index is 0.510. The van der Waals surface area contributed by atoms with Crippen LogP contribution in [0, 0.1) is 5.92 Å². The van der Waals surface area contributed by atoms with Gasteiger partial charge >= 0.3 is 0 Å². The van der Waals surface area contributed by atoms with Crippen molar-refractivity contribution in [1.82, 2.24) is 10.3 Å². The van der Waals surface area contributed by atoms with Gasteiger partial charge in [-0.15, -0.1) is 11.3 Å². The Morgan fingerprint density at radius 1 is 1.40 bits per heavy atom. The van der Waals surface area contributed by atoms with Crippen LogP contribution >= 0.6 is 11.3 Å². The summed E-state index contributed by atoms with van der Waals surface area (Å²) in [7, 11) is 0. The van der Waals surface area contributed by atoms with Gasteiger partial charge in [0.1, 0.15) is 0 Å². The van der Waals surface area contributed by atoms with E-state index in [1.54, 1.807) is 11.3 Å². The molecule has 2 unspecified atom stereocenters. The molecule has 0 aliphatic heterocycles. The van der Waals surface area contributed by atoms with E-state index in [4.69, 9.17) is 0 Å². The van der Waals surface area contributed by atoms with E-state index < -0.39 is 0 Å². The fraction of sp³-hybridized carbons (Fsp3) is 0.750. The largest absolute Gasteiger partial charge is 0.314 e. The molecule has 0 fully saturated rings. The predicted molar refractivity (Wildman–Crippen MR) is 67.4 cm³/mol. The van der Waals surface area contributed by atoms with Crippen molar-refractivity contribution < 1.29 is 0 Å². The average Bonchev–Trinajstić information content (AvgIpc) is 2.67. The zero-order valence-corrected chi connectivity index (χ0v) is 11.0. The summed E-state index contributed by atoms with van der Waals surface area (Å²) in [5.74, 6) is 1.17. The first kappa shape index (κ1) is 12.7. The Morgan fingerprint density at radius 3 is 2.60 bits per heavy atom. The van der Waals surface area contributed by atoms with Crippen LogP contribution in [0.5, 0.6) is 0 Å². The first-order chi connectivity index (χ1) is 7.16. The van der Waals surface area contributed by atoms with Crippen molar-refractivity contribution >= 4 is 11.3 Å². The highest BCUT2D eigenvalue weighted by Crippen LogP contribution is 2.29. The minimum absolute atomic E-state index is 0.510. The van der Waals surface area contributed by atoms with E-state index in [0.29, 0.717) is 17.9 Å². The van der Waals surface area contributed by atoms with Gasteiger partial charge in [0.2, 0.25) is 0 Å². The molecule has 2 atom stereocenters. The minimum Gasteiger partial charge on any atom is -0.314 e. The van der Waals surface area contributed by atoms with E-state index >= 15 is 0 Å². The highest BCUT2D eigenvalue weighted by atomic mass is 32.1. The molecule has 0 spiro atoms. The van der Waals surface area contributed by atoms with Crippen LogP contribution in [-0.4, -0.2) is 17.6 Å². The van der Waals surface area contributed by atoms with E-state index in [0.717, 1.165) is 6.54 Å². The van der Waals surface area contributed by atoms with Crippen LogP contribution in [0.1, 0.15) is 45.0 Å². The lowest BCUT2D eigenvalue weighted by atomic mass is 9.90. The van der Waals surface area contributed by atoms with Gasteiger partial charge in [-0.1, -0.05) is 20.8 Å². The number of nitrogens with zero attached hydrogens (tertiary/aromatic N) is 1. The Balaban J connectivity index is 2.66. The summed E-state index contributed by atoms with van der Waals surface area (Å²) in [6, 6.07) is 0.510. The molecule has 1 aromatic rings. The third-order valence-electron chi connectivity index (χ3n) is 2.71. The van der Waals surface area contributed by atoms with Crippen molar-refractivity contribution in [2.75, 3.05) is 6.54 Å². The molecule has 1 aromatic heterocycles.